The van der Waals surface area contributed by atoms with E-state index in [0.29, 0.717) is 12.2 Å². The molecule has 0 radical (unpaired) electrons. The van der Waals surface area contributed by atoms with Crippen LogP contribution in [-0.4, -0.2) is 38.3 Å². The first-order valence-corrected chi connectivity index (χ1v) is 10.6. The van der Waals surface area contributed by atoms with Crippen LogP contribution >= 0.6 is 15.9 Å². The topological polar surface area (TPSA) is 102 Å². The Morgan fingerprint density at radius 2 is 1.80 bits per heavy atom. The molecule has 0 aliphatic heterocycles. The van der Waals surface area contributed by atoms with Crippen LogP contribution in [0.4, 0.5) is 0 Å². The molecule has 30 heavy (non-hydrogen) atoms. The summed E-state index contributed by atoms with van der Waals surface area (Å²) < 4.78 is 2.71. The van der Waals surface area contributed by atoms with Crippen LogP contribution in [0.15, 0.2) is 53.3 Å². The standard InChI is InChI=1S/C21H21BrN6O2/c22-16-3-5-17(6-4-16)28-20(15-1-2-15)19(26-27-28)21(30)24-12-9-18(29)25-13-14-7-10-23-11-8-14/h3-8,10-11,15H,1-2,9,12-13H2,(H,24,30)(H,25,29). The van der Waals surface area contributed by atoms with Crippen LogP contribution in [0, 0.1) is 0 Å². The van der Waals surface area contributed by atoms with E-state index in [-0.39, 0.29) is 30.7 Å². The third-order valence-electron chi connectivity index (χ3n) is 4.83. The van der Waals surface area contributed by atoms with Crippen LogP contribution in [0.25, 0.3) is 5.69 Å². The summed E-state index contributed by atoms with van der Waals surface area (Å²) in [5, 5.41) is 14.0. The normalized spacial score (nSPS) is 13.1. The first kappa shape index (κ1) is 20.2. The van der Waals surface area contributed by atoms with E-state index in [1.54, 1.807) is 17.1 Å². The summed E-state index contributed by atoms with van der Waals surface area (Å²) in [6.07, 6.45) is 5.58. The number of halogens is 1. The average molecular weight is 469 g/mol. The first-order valence-electron chi connectivity index (χ1n) is 9.77. The van der Waals surface area contributed by atoms with Crippen molar-refractivity contribution in [2.45, 2.75) is 31.7 Å². The number of carbonyl (C=O) groups excluding carboxylic acids is 2. The molecule has 3 aromatic rings. The molecule has 9 heteroatoms. The van der Waals surface area contributed by atoms with Gasteiger partial charge >= 0.3 is 0 Å². The minimum atomic E-state index is -0.304. The highest BCUT2D eigenvalue weighted by molar-refractivity contribution is 9.10. The highest BCUT2D eigenvalue weighted by Crippen LogP contribution is 2.42. The SMILES string of the molecule is O=C(CCNC(=O)c1nnn(-c2ccc(Br)cc2)c1C1CC1)NCc1ccncc1. The molecule has 1 fully saturated rings. The summed E-state index contributed by atoms with van der Waals surface area (Å²) in [5.41, 5.74) is 3.00. The van der Waals surface area contributed by atoms with Gasteiger partial charge in [0, 0.05) is 42.3 Å². The number of pyridine rings is 1. The van der Waals surface area contributed by atoms with E-state index in [0.717, 1.165) is 34.3 Å². The molecule has 0 atom stereocenters. The lowest BCUT2D eigenvalue weighted by Gasteiger charge is -2.08. The van der Waals surface area contributed by atoms with Crippen molar-refractivity contribution < 1.29 is 9.59 Å². The van der Waals surface area contributed by atoms with Crippen LogP contribution < -0.4 is 10.6 Å². The molecule has 8 nitrogen and oxygen atoms in total. The molecule has 2 heterocycles. The molecule has 1 aliphatic rings. The quantitative estimate of drug-likeness (QED) is 0.529. The third-order valence-corrected chi connectivity index (χ3v) is 5.36. The summed E-state index contributed by atoms with van der Waals surface area (Å²) >= 11 is 3.43. The number of hydrogen-bond acceptors (Lipinski definition) is 5. The van der Waals surface area contributed by atoms with Gasteiger partial charge in [0.1, 0.15) is 0 Å². The Kier molecular flexibility index (Phi) is 6.18. The summed E-state index contributed by atoms with van der Waals surface area (Å²) in [7, 11) is 0. The monoisotopic (exact) mass is 468 g/mol. The van der Waals surface area contributed by atoms with Gasteiger partial charge in [0.05, 0.1) is 11.4 Å². The van der Waals surface area contributed by atoms with Gasteiger partial charge in [-0.1, -0.05) is 21.1 Å². The minimum absolute atomic E-state index is 0.131. The number of aromatic nitrogens is 4. The van der Waals surface area contributed by atoms with Gasteiger partial charge in [0.25, 0.3) is 5.91 Å². The Balaban J connectivity index is 1.34. The van der Waals surface area contributed by atoms with Crippen molar-refractivity contribution in [2.75, 3.05) is 6.54 Å². The van der Waals surface area contributed by atoms with E-state index in [2.05, 4.69) is 41.9 Å². The molecular formula is C21H21BrN6O2. The van der Waals surface area contributed by atoms with Crippen molar-refractivity contribution in [3.05, 3.63) is 70.2 Å². The number of carbonyl (C=O) groups is 2. The molecule has 2 aromatic heterocycles. The molecule has 1 aromatic carbocycles. The number of nitrogens with one attached hydrogen (secondary N) is 2. The predicted octanol–water partition coefficient (Wildman–Crippen LogP) is 2.74. The van der Waals surface area contributed by atoms with Crippen LogP contribution in [-0.2, 0) is 11.3 Å². The van der Waals surface area contributed by atoms with Gasteiger partial charge in [-0.25, -0.2) is 4.68 Å². The van der Waals surface area contributed by atoms with Gasteiger partial charge in [-0.3, -0.25) is 14.6 Å². The maximum Gasteiger partial charge on any atom is 0.273 e. The Bertz CT molecular complexity index is 1030. The summed E-state index contributed by atoms with van der Waals surface area (Å²) in [5.74, 6) is -0.150. The Morgan fingerprint density at radius 1 is 1.07 bits per heavy atom. The first-order chi connectivity index (χ1) is 14.6. The molecule has 4 rings (SSSR count). The molecule has 2 amide bonds. The van der Waals surface area contributed by atoms with Crippen LogP contribution in [0.5, 0.6) is 0 Å². The van der Waals surface area contributed by atoms with E-state index in [9.17, 15) is 9.59 Å². The largest absolute Gasteiger partial charge is 0.352 e. The van der Waals surface area contributed by atoms with Crippen molar-refractivity contribution in [3.63, 3.8) is 0 Å². The molecule has 0 spiro atoms. The van der Waals surface area contributed by atoms with Crippen LogP contribution in [0.3, 0.4) is 0 Å². The molecular weight excluding hydrogens is 448 g/mol. The van der Waals surface area contributed by atoms with E-state index in [4.69, 9.17) is 0 Å². The van der Waals surface area contributed by atoms with Gasteiger partial charge < -0.3 is 10.6 Å². The number of hydrogen-bond donors (Lipinski definition) is 2. The third kappa shape index (κ3) is 4.91. The predicted molar refractivity (Wildman–Crippen MR) is 114 cm³/mol. The van der Waals surface area contributed by atoms with Crippen molar-refractivity contribution in [1.29, 1.82) is 0 Å². The molecule has 0 unspecified atom stereocenters. The fraction of sp³-hybridized carbons (Fsp3) is 0.286. The fourth-order valence-electron chi connectivity index (χ4n) is 3.11. The number of nitrogens with zero attached hydrogens (tertiary/aromatic N) is 4. The lowest BCUT2D eigenvalue weighted by molar-refractivity contribution is -0.121. The zero-order valence-corrected chi connectivity index (χ0v) is 17.8. The smallest absolute Gasteiger partial charge is 0.273 e. The minimum Gasteiger partial charge on any atom is -0.352 e. The van der Waals surface area contributed by atoms with Crippen LogP contribution in [0.1, 0.15) is 46.9 Å². The lowest BCUT2D eigenvalue weighted by atomic mass is 10.2. The summed E-state index contributed by atoms with van der Waals surface area (Å²) in [6.45, 7) is 0.666. The summed E-state index contributed by atoms with van der Waals surface area (Å²) in [6, 6.07) is 11.4. The second-order valence-electron chi connectivity index (χ2n) is 7.12. The molecule has 0 bridgehead atoms. The zero-order valence-electron chi connectivity index (χ0n) is 16.2. The van der Waals surface area contributed by atoms with E-state index in [1.807, 2.05) is 36.4 Å². The Labute approximate surface area is 182 Å². The molecule has 1 saturated carbocycles. The van der Waals surface area contributed by atoms with Gasteiger partial charge in [0.15, 0.2) is 5.69 Å². The summed E-state index contributed by atoms with van der Waals surface area (Å²) in [4.78, 5) is 28.7. The number of benzene rings is 1. The van der Waals surface area contributed by atoms with E-state index in [1.165, 1.54) is 0 Å². The van der Waals surface area contributed by atoms with Crippen molar-refractivity contribution in [3.8, 4) is 5.69 Å². The highest BCUT2D eigenvalue weighted by atomic mass is 79.9. The Morgan fingerprint density at radius 3 is 2.50 bits per heavy atom. The average Bonchev–Trinajstić information content (AvgIpc) is 3.51. The number of rotatable bonds is 8. The van der Waals surface area contributed by atoms with Gasteiger partial charge in [-0.2, -0.15) is 0 Å². The highest BCUT2D eigenvalue weighted by Gasteiger charge is 2.34. The van der Waals surface area contributed by atoms with E-state index < -0.39 is 0 Å². The fourth-order valence-corrected chi connectivity index (χ4v) is 3.37. The maximum atomic E-state index is 12.7. The maximum absolute atomic E-state index is 12.7. The van der Waals surface area contributed by atoms with Crippen molar-refractivity contribution >= 4 is 27.7 Å². The van der Waals surface area contributed by atoms with Crippen LogP contribution in [0.2, 0.25) is 0 Å². The van der Waals surface area contributed by atoms with Gasteiger partial charge in [0.2, 0.25) is 5.91 Å². The molecule has 154 valence electrons. The van der Waals surface area contributed by atoms with Crippen molar-refractivity contribution in [2.24, 2.45) is 0 Å². The number of amides is 2. The zero-order chi connectivity index (χ0) is 20.9. The lowest BCUT2D eigenvalue weighted by Crippen LogP contribution is -2.31. The van der Waals surface area contributed by atoms with Crippen molar-refractivity contribution in [1.82, 2.24) is 30.6 Å². The molecule has 2 N–H and O–H groups in total. The second-order valence-corrected chi connectivity index (χ2v) is 8.04. The molecule has 1 aliphatic carbocycles. The Hall–Kier alpha value is -3.07. The van der Waals surface area contributed by atoms with E-state index >= 15 is 0 Å². The van der Waals surface area contributed by atoms with Gasteiger partial charge in [-0.05, 0) is 54.8 Å². The molecule has 0 saturated heterocycles. The van der Waals surface area contributed by atoms with Gasteiger partial charge in [-0.15, -0.1) is 5.10 Å². The second kappa shape index (κ2) is 9.17.